The third kappa shape index (κ3) is 5.45. The molecule has 2 unspecified atom stereocenters. The number of para-hydroxylation sites is 2. The molecule has 2 aromatic heterocycles. The highest BCUT2D eigenvalue weighted by Gasteiger charge is 2.41. The van der Waals surface area contributed by atoms with Gasteiger partial charge in [-0.1, -0.05) is 37.3 Å². The summed E-state index contributed by atoms with van der Waals surface area (Å²) in [5, 5.41) is 7.10. The summed E-state index contributed by atoms with van der Waals surface area (Å²) in [7, 11) is 1.59. The molecule has 0 bridgehead atoms. The number of methoxy groups -OCH3 is 1. The van der Waals surface area contributed by atoms with Crippen LogP contribution in [-0.4, -0.2) is 39.1 Å². The predicted octanol–water partition coefficient (Wildman–Crippen LogP) is 6.06. The molecule has 2 aromatic carbocycles. The fourth-order valence-corrected chi connectivity index (χ4v) is 5.86. The molecule has 8 heteroatoms. The van der Waals surface area contributed by atoms with E-state index >= 15 is 0 Å². The van der Waals surface area contributed by atoms with Gasteiger partial charge in [-0.25, -0.2) is 0 Å². The lowest BCUT2D eigenvalue weighted by Gasteiger charge is -2.28. The number of nitrogens with one attached hydrogen (secondary N) is 2. The largest absolute Gasteiger partial charge is 0.495 e. The van der Waals surface area contributed by atoms with E-state index in [1.165, 1.54) is 5.56 Å². The zero-order valence-corrected chi connectivity index (χ0v) is 24.2. The number of hydrogen-bond acceptors (Lipinski definition) is 4. The van der Waals surface area contributed by atoms with Gasteiger partial charge < -0.3 is 24.8 Å². The number of nitrogens with zero attached hydrogens (tertiary/aromatic N) is 3. The molecular formula is C32H35N5O2S. The number of anilines is 1. The van der Waals surface area contributed by atoms with Gasteiger partial charge >= 0.3 is 0 Å². The van der Waals surface area contributed by atoms with Crippen LogP contribution in [0.5, 0.6) is 5.75 Å². The normalized spacial score (nSPS) is 16.6. The van der Waals surface area contributed by atoms with Crippen LogP contribution in [0.1, 0.15) is 53.6 Å². The lowest BCUT2D eigenvalue weighted by molar-refractivity contribution is -0.116. The van der Waals surface area contributed by atoms with Crippen LogP contribution >= 0.6 is 12.2 Å². The Labute approximate surface area is 241 Å². The van der Waals surface area contributed by atoms with Crippen LogP contribution in [0.3, 0.4) is 0 Å². The van der Waals surface area contributed by atoms with E-state index in [9.17, 15) is 4.79 Å². The summed E-state index contributed by atoms with van der Waals surface area (Å²) in [6, 6.07) is 24.0. The third-order valence-corrected chi connectivity index (χ3v) is 7.90. The van der Waals surface area contributed by atoms with Crippen LogP contribution < -0.4 is 15.4 Å². The maximum atomic E-state index is 13.0. The van der Waals surface area contributed by atoms with Gasteiger partial charge in [-0.2, -0.15) is 0 Å². The minimum atomic E-state index is -0.151. The summed E-state index contributed by atoms with van der Waals surface area (Å²) in [5.41, 5.74) is 7.44. The molecule has 0 aliphatic carbocycles. The molecule has 5 rings (SSSR count). The molecule has 1 aliphatic heterocycles. The zero-order valence-electron chi connectivity index (χ0n) is 23.3. The van der Waals surface area contributed by atoms with Crippen LogP contribution in [-0.2, 0) is 11.2 Å². The van der Waals surface area contributed by atoms with Crippen molar-refractivity contribution in [2.75, 3.05) is 19.0 Å². The van der Waals surface area contributed by atoms with Gasteiger partial charge in [0, 0.05) is 36.2 Å². The first kappa shape index (κ1) is 27.4. The monoisotopic (exact) mass is 553 g/mol. The SMILES string of the molecule is CCc1ccc(-n2c(C)cc(C3C(c4ccccn4)NC(=S)N3CCC(=O)Nc3ccccc3OC)c2C)cc1. The standard InChI is InChI=1S/C32H35N5O2S/c1-5-23-13-15-24(16-14-23)37-21(2)20-25(22(37)3)31-30(27-11-8-9-18-33-27)35-32(40)36(31)19-17-29(38)34-26-10-6-7-12-28(26)39-4/h6-16,18,20,30-31H,5,17,19H2,1-4H3,(H,34,38)(H,35,40). The van der Waals surface area contributed by atoms with Gasteiger partial charge in [0.2, 0.25) is 5.91 Å². The van der Waals surface area contributed by atoms with Gasteiger partial charge in [-0.15, -0.1) is 0 Å². The molecule has 0 saturated carbocycles. The second-order valence-corrected chi connectivity index (χ2v) is 10.4. The highest BCUT2D eigenvalue weighted by molar-refractivity contribution is 7.80. The van der Waals surface area contributed by atoms with Crippen LogP contribution in [0.4, 0.5) is 5.69 Å². The molecule has 2 atom stereocenters. The molecule has 0 radical (unpaired) electrons. The van der Waals surface area contributed by atoms with Crippen LogP contribution in [0.2, 0.25) is 0 Å². The van der Waals surface area contributed by atoms with Gasteiger partial charge in [0.05, 0.1) is 30.6 Å². The molecule has 0 spiro atoms. The Morgan fingerprint density at radius 1 is 1.07 bits per heavy atom. The van der Waals surface area contributed by atoms with Gasteiger partial charge in [-0.05, 0) is 86.1 Å². The number of rotatable bonds is 9. The topological polar surface area (TPSA) is 71.4 Å². The van der Waals surface area contributed by atoms with E-state index in [-0.39, 0.29) is 24.4 Å². The first-order valence-electron chi connectivity index (χ1n) is 13.6. The van der Waals surface area contributed by atoms with Crippen molar-refractivity contribution in [1.82, 2.24) is 19.8 Å². The molecule has 206 valence electrons. The van der Waals surface area contributed by atoms with Crippen LogP contribution in [0.25, 0.3) is 5.69 Å². The Balaban J connectivity index is 1.46. The zero-order chi connectivity index (χ0) is 28.2. The highest BCUT2D eigenvalue weighted by Crippen LogP contribution is 2.41. The van der Waals surface area contributed by atoms with E-state index in [0.717, 1.165) is 34.8 Å². The number of aromatic nitrogens is 2. The molecular weight excluding hydrogens is 518 g/mol. The van der Waals surface area contributed by atoms with Crippen molar-refractivity contribution >= 4 is 28.9 Å². The average Bonchev–Trinajstić information content (AvgIpc) is 3.46. The number of hydrogen-bond donors (Lipinski definition) is 2. The minimum absolute atomic E-state index is 0.103. The summed E-state index contributed by atoms with van der Waals surface area (Å²) < 4.78 is 7.68. The van der Waals surface area contributed by atoms with Crippen LogP contribution in [0.15, 0.2) is 79.0 Å². The summed E-state index contributed by atoms with van der Waals surface area (Å²) in [6.07, 6.45) is 3.08. The molecule has 1 saturated heterocycles. The molecule has 40 heavy (non-hydrogen) atoms. The van der Waals surface area contributed by atoms with E-state index in [1.807, 2.05) is 42.5 Å². The molecule has 1 aliphatic rings. The van der Waals surface area contributed by atoms with Crippen molar-refractivity contribution in [3.8, 4) is 11.4 Å². The molecule has 4 aromatic rings. The van der Waals surface area contributed by atoms with Crippen molar-refractivity contribution in [3.05, 3.63) is 107 Å². The molecule has 2 N–H and O–H groups in total. The lowest BCUT2D eigenvalue weighted by atomic mass is 9.96. The fraction of sp³-hybridized carbons (Fsp3) is 0.281. The maximum Gasteiger partial charge on any atom is 0.226 e. The number of amides is 1. The van der Waals surface area contributed by atoms with Crippen molar-refractivity contribution in [2.45, 2.75) is 45.7 Å². The average molecular weight is 554 g/mol. The minimum Gasteiger partial charge on any atom is -0.495 e. The number of carbonyl (C=O) groups excluding carboxylic acids is 1. The summed E-state index contributed by atoms with van der Waals surface area (Å²) >= 11 is 5.85. The number of ether oxygens (including phenoxy) is 1. The van der Waals surface area contributed by atoms with Gasteiger partial charge in [0.1, 0.15) is 5.75 Å². The predicted molar refractivity (Wildman–Crippen MR) is 163 cm³/mol. The summed E-state index contributed by atoms with van der Waals surface area (Å²) in [6.45, 7) is 6.90. The third-order valence-electron chi connectivity index (χ3n) is 7.55. The quantitative estimate of drug-likeness (QED) is 0.246. The fourth-order valence-electron chi connectivity index (χ4n) is 5.53. The molecule has 7 nitrogen and oxygen atoms in total. The van der Waals surface area contributed by atoms with Gasteiger partial charge in [0.15, 0.2) is 5.11 Å². The van der Waals surface area contributed by atoms with Crippen molar-refractivity contribution < 1.29 is 9.53 Å². The Kier molecular flexibility index (Phi) is 8.16. The Morgan fingerprint density at radius 3 is 2.52 bits per heavy atom. The molecule has 3 heterocycles. The van der Waals surface area contributed by atoms with E-state index in [1.54, 1.807) is 13.3 Å². The van der Waals surface area contributed by atoms with Crippen molar-refractivity contribution in [3.63, 3.8) is 0 Å². The first-order valence-corrected chi connectivity index (χ1v) is 14.0. The highest BCUT2D eigenvalue weighted by atomic mass is 32.1. The number of pyridine rings is 1. The number of aryl methyl sites for hydroxylation is 2. The van der Waals surface area contributed by atoms with E-state index < -0.39 is 0 Å². The smallest absolute Gasteiger partial charge is 0.226 e. The Bertz CT molecular complexity index is 1500. The summed E-state index contributed by atoms with van der Waals surface area (Å²) in [5.74, 6) is 0.524. The van der Waals surface area contributed by atoms with Gasteiger partial charge in [0.25, 0.3) is 0 Å². The van der Waals surface area contributed by atoms with Crippen molar-refractivity contribution in [1.29, 1.82) is 0 Å². The molecule has 1 amide bonds. The Hall–Kier alpha value is -4.17. The first-order chi connectivity index (χ1) is 19.4. The maximum absolute atomic E-state index is 13.0. The summed E-state index contributed by atoms with van der Waals surface area (Å²) in [4.78, 5) is 19.8. The van der Waals surface area contributed by atoms with Crippen molar-refractivity contribution in [2.24, 2.45) is 0 Å². The number of benzene rings is 2. The number of carbonyl (C=O) groups is 1. The Morgan fingerprint density at radius 2 is 1.82 bits per heavy atom. The van der Waals surface area contributed by atoms with E-state index in [0.29, 0.717) is 23.1 Å². The second-order valence-electron chi connectivity index (χ2n) is 10.0. The van der Waals surface area contributed by atoms with E-state index in [4.69, 9.17) is 17.0 Å². The second kappa shape index (κ2) is 11.9. The van der Waals surface area contributed by atoms with Crippen LogP contribution in [0, 0.1) is 13.8 Å². The molecule has 1 fully saturated rings. The lowest BCUT2D eigenvalue weighted by Crippen LogP contribution is -2.33. The number of thiocarbonyl (C=S) groups is 1. The van der Waals surface area contributed by atoms with Gasteiger partial charge in [-0.3, -0.25) is 9.78 Å². The van der Waals surface area contributed by atoms with E-state index in [2.05, 4.69) is 76.2 Å².